The molecule has 0 aromatic heterocycles. The maximum atomic E-state index is 10.7. The summed E-state index contributed by atoms with van der Waals surface area (Å²) in [6.45, 7) is 1.85. The fraction of sp³-hybridized carbons (Fsp3) is 0.300. The van der Waals surface area contributed by atoms with Gasteiger partial charge in [0.05, 0.1) is 13.2 Å². The Morgan fingerprint density at radius 2 is 2.14 bits per heavy atom. The van der Waals surface area contributed by atoms with Gasteiger partial charge in [-0.3, -0.25) is 0 Å². The zero-order chi connectivity index (χ0) is 10.6. The summed E-state index contributed by atoms with van der Waals surface area (Å²) >= 11 is 0. The topological polar surface area (TPSA) is 64.3 Å². The molecule has 14 heavy (non-hydrogen) atoms. The highest BCUT2D eigenvalue weighted by molar-refractivity contribution is 5.72. The van der Waals surface area contributed by atoms with E-state index in [1.165, 1.54) is 0 Å². The number of nitrogens with one attached hydrogen (secondary N) is 1. The fourth-order valence-corrected chi connectivity index (χ4v) is 1.32. The summed E-state index contributed by atoms with van der Waals surface area (Å²) in [7, 11) is 1.59. The van der Waals surface area contributed by atoms with Crippen LogP contribution in [0.4, 0.5) is 4.79 Å². The number of methoxy groups -OCH3 is 1. The molecular formula is C10H14N2O2. The molecule has 3 N–H and O–H groups in total. The van der Waals surface area contributed by atoms with Crippen LogP contribution in [0.5, 0.6) is 5.75 Å². The van der Waals surface area contributed by atoms with Gasteiger partial charge >= 0.3 is 6.03 Å². The Kier molecular flexibility index (Phi) is 3.34. The van der Waals surface area contributed by atoms with Crippen molar-refractivity contribution < 1.29 is 9.53 Å². The summed E-state index contributed by atoms with van der Waals surface area (Å²) in [5.41, 5.74) is 5.94. The van der Waals surface area contributed by atoms with Gasteiger partial charge in [-0.25, -0.2) is 4.79 Å². The van der Waals surface area contributed by atoms with E-state index in [0.29, 0.717) is 0 Å². The molecular weight excluding hydrogens is 180 g/mol. The molecule has 0 saturated heterocycles. The van der Waals surface area contributed by atoms with E-state index in [9.17, 15) is 4.79 Å². The molecule has 0 radical (unpaired) electrons. The molecule has 0 saturated carbocycles. The smallest absolute Gasteiger partial charge is 0.312 e. The number of para-hydroxylation sites is 1. The van der Waals surface area contributed by atoms with Crippen molar-refractivity contribution in [3.63, 3.8) is 0 Å². The summed E-state index contributed by atoms with van der Waals surface area (Å²) in [6, 6.07) is 6.80. The predicted molar refractivity (Wildman–Crippen MR) is 54.1 cm³/mol. The van der Waals surface area contributed by atoms with Gasteiger partial charge < -0.3 is 15.8 Å². The minimum absolute atomic E-state index is 0.149. The number of rotatable bonds is 3. The van der Waals surface area contributed by atoms with Gasteiger partial charge in [-0.05, 0) is 13.0 Å². The Bertz CT molecular complexity index is 326. The van der Waals surface area contributed by atoms with E-state index in [1.807, 2.05) is 31.2 Å². The molecule has 76 valence electrons. The molecule has 0 aliphatic carbocycles. The minimum Gasteiger partial charge on any atom is -0.496 e. The molecule has 2 amide bonds. The number of carbonyl (C=O) groups is 1. The first-order chi connectivity index (χ1) is 6.65. The number of benzene rings is 1. The molecule has 4 heteroatoms. The molecule has 4 nitrogen and oxygen atoms in total. The van der Waals surface area contributed by atoms with Crippen LogP contribution in [0.25, 0.3) is 0 Å². The molecule has 1 aromatic carbocycles. The quantitative estimate of drug-likeness (QED) is 0.764. The van der Waals surface area contributed by atoms with E-state index in [2.05, 4.69) is 5.32 Å². The van der Waals surface area contributed by atoms with E-state index < -0.39 is 6.03 Å². The summed E-state index contributed by atoms with van der Waals surface area (Å²) in [6.07, 6.45) is 0. The largest absolute Gasteiger partial charge is 0.496 e. The first-order valence-corrected chi connectivity index (χ1v) is 4.34. The normalized spacial score (nSPS) is 11.9. The van der Waals surface area contributed by atoms with E-state index in [4.69, 9.17) is 10.5 Å². The van der Waals surface area contributed by atoms with Gasteiger partial charge in [0.25, 0.3) is 0 Å². The monoisotopic (exact) mass is 194 g/mol. The van der Waals surface area contributed by atoms with Crippen LogP contribution in [0, 0.1) is 0 Å². The van der Waals surface area contributed by atoms with Crippen molar-refractivity contribution in [2.24, 2.45) is 5.73 Å². The molecule has 0 fully saturated rings. The lowest BCUT2D eigenvalue weighted by Gasteiger charge is -2.15. The van der Waals surface area contributed by atoms with Crippen molar-refractivity contribution in [1.29, 1.82) is 0 Å². The average Bonchev–Trinajstić information content (AvgIpc) is 2.16. The van der Waals surface area contributed by atoms with Crippen molar-refractivity contribution in [1.82, 2.24) is 5.32 Å². The van der Waals surface area contributed by atoms with Crippen LogP contribution in [-0.4, -0.2) is 13.1 Å². The van der Waals surface area contributed by atoms with Gasteiger partial charge in [0, 0.05) is 5.56 Å². The maximum absolute atomic E-state index is 10.7. The average molecular weight is 194 g/mol. The van der Waals surface area contributed by atoms with E-state index in [-0.39, 0.29) is 6.04 Å². The molecule has 0 aliphatic rings. The Labute approximate surface area is 83.1 Å². The number of urea groups is 1. The highest BCUT2D eigenvalue weighted by Gasteiger charge is 2.11. The third kappa shape index (κ3) is 2.39. The van der Waals surface area contributed by atoms with Crippen molar-refractivity contribution in [3.8, 4) is 5.75 Å². The number of primary amides is 1. The van der Waals surface area contributed by atoms with Crippen molar-refractivity contribution in [3.05, 3.63) is 29.8 Å². The third-order valence-electron chi connectivity index (χ3n) is 1.96. The highest BCUT2D eigenvalue weighted by atomic mass is 16.5. The standard InChI is InChI=1S/C10H14N2O2/c1-7(12-10(11)13)8-5-3-4-6-9(8)14-2/h3-7H,1-2H3,(H3,11,12,13). The van der Waals surface area contributed by atoms with Crippen molar-refractivity contribution >= 4 is 6.03 Å². The second kappa shape index (κ2) is 4.50. The molecule has 0 heterocycles. The summed E-state index contributed by atoms with van der Waals surface area (Å²) in [5.74, 6) is 0.744. The van der Waals surface area contributed by atoms with Gasteiger partial charge in [0.1, 0.15) is 5.75 Å². The molecule has 1 aromatic rings. The Hall–Kier alpha value is -1.71. The first kappa shape index (κ1) is 10.4. The maximum Gasteiger partial charge on any atom is 0.312 e. The lowest BCUT2D eigenvalue weighted by molar-refractivity contribution is 0.246. The van der Waals surface area contributed by atoms with Crippen LogP contribution in [-0.2, 0) is 0 Å². The molecule has 0 spiro atoms. The van der Waals surface area contributed by atoms with Gasteiger partial charge in [-0.15, -0.1) is 0 Å². The van der Waals surface area contributed by atoms with Gasteiger partial charge in [-0.1, -0.05) is 18.2 Å². The second-order valence-corrected chi connectivity index (χ2v) is 2.97. The van der Waals surface area contributed by atoms with E-state index >= 15 is 0 Å². The summed E-state index contributed by atoms with van der Waals surface area (Å²) in [4.78, 5) is 10.7. The third-order valence-corrected chi connectivity index (χ3v) is 1.96. The number of hydrogen-bond donors (Lipinski definition) is 2. The first-order valence-electron chi connectivity index (χ1n) is 4.34. The SMILES string of the molecule is COc1ccccc1C(C)NC(N)=O. The number of amides is 2. The molecule has 0 bridgehead atoms. The number of carbonyl (C=O) groups excluding carboxylic acids is 1. The van der Waals surface area contributed by atoms with Crippen LogP contribution in [0.2, 0.25) is 0 Å². The zero-order valence-electron chi connectivity index (χ0n) is 8.28. The predicted octanol–water partition coefficient (Wildman–Crippen LogP) is 1.42. The molecule has 0 aliphatic heterocycles. The summed E-state index contributed by atoms with van der Waals surface area (Å²) in [5, 5.41) is 2.59. The van der Waals surface area contributed by atoms with Crippen LogP contribution in [0.1, 0.15) is 18.5 Å². The molecule has 1 atom stereocenters. The fourth-order valence-electron chi connectivity index (χ4n) is 1.32. The lowest BCUT2D eigenvalue weighted by Crippen LogP contribution is -2.31. The van der Waals surface area contributed by atoms with Crippen LogP contribution >= 0.6 is 0 Å². The Balaban J connectivity index is 2.87. The van der Waals surface area contributed by atoms with Gasteiger partial charge in [0.15, 0.2) is 0 Å². The second-order valence-electron chi connectivity index (χ2n) is 2.97. The zero-order valence-corrected chi connectivity index (χ0v) is 8.28. The molecule has 1 rings (SSSR count). The Morgan fingerprint density at radius 1 is 1.50 bits per heavy atom. The van der Waals surface area contributed by atoms with E-state index in [0.717, 1.165) is 11.3 Å². The Morgan fingerprint density at radius 3 is 2.71 bits per heavy atom. The van der Waals surface area contributed by atoms with Gasteiger partial charge in [0.2, 0.25) is 0 Å². The van der Waals surface area contributed by atoms with Crippen molar-refractivity contribution in [2.75, 3.05) is 7.11 Å². The molecule has 1 unspecified atom stereocenters. The summed E-state index contributed by atoms with van der Waals surface area (Å²) < 4.78 is 5.16. The van der Waals surface area contributed by atoms with Crippen LogP contribution < -0.4 is 15.8 Å². The van der Waals surface area contributed by atoms with Gasteiger partial charge in [-0.2, -0.15) is 0 Å². The lowest BCUT2D eigenvalue weighted by atomic mass is 10.1. The van der Waals surface area contributed by atoms with Crippen LogP contribution in [0.15, 0.2) is 24.3 Å². The number of nitrogens with two attached hydrogens (primary N) is 1. The van der Waals surface area contributed by atoms with Crippen molar-refractivity contribution in [2.45, 2.75) is 13.0 Å². The van der Waals surface area contributed by atoms with Crippen LogP contribution in [0.3, 0.4) is 0 Å². The van der Waals surface area contributed by atoms with E-state index in [1.54, 1.807) is 7.11 Å². The number of ether oxygens (including phenoxy) is 1. The number of hydrogen-bond acceptors (Lipinski definition) is 2. The minimum atomic E-state index is -0.539. The highest BCUT2D eigenvalue weighted by Crippen LogP contribution is 2.23.